The molecule has 0 aromatic rings. The number of hydrogen-bond donors (Lipinski definition) is 2. The Kier molecular flexibility index (Phi) is 4.55. The maximum atomic E-state index is 10.0. The van der Waals surface area contributed by atoms with Crippen LogP contribution in [0, 0.1) is 0 Å². The molecule has 0 atom stereocenters. The van der Waals surface area contributed by atoms with E-state index in [4.69, 9.17) is 4.74 Å². The van der Waals surface area contributed by atoms with E-state index in [0.717, 1.165) is 0 Å². The first-order valence-electron chi connectivity index (χ1n) is 3.28. The first-order valence-corrected chi connectivity index (χ1v) is 3.28. The van der Waals surface area contributed by atoms with E-state index in [1.54, 1.807) is 14.1 Å². The van der Waals surface area contributed by atoms with Gasteiger partial charge in [0.1, 0.15) is 6.61 Å². The summed E-state index contributed by atoms with van der Waals surface area (Å²) in [7, 11) is 3.53. The van der Waals surface area contributed by atoms with Crippen LogP contribution in [-0.4, -0.2) is 33.2 Å². The predicted molar refractivity (Wildman–Crippen MR) is 38.0 cm³/mol. The third kappa shape index (κ3) is 3.12. The number of nitrogens with one attached hydrogen (secondary N) is 2. The fourth-order valence-electron chi connectivity index (χ4n) is 0.515. The van der Waals surface area contributed by atoms with Crippen molar-refractivity contribution in [1.82, 2.24) is 10.6 Å². The monoisotopic (exact) mass is 147 g/mol. The molecule has 0 spiro atoms. The van der Waals surface area contributed by atoms with Gasteiger partial charge in [-0.3, -0.25) is 10.6 Å². The molecule has 0 heterocycles. The van der Waals surface area contributed by atoms with Gasteiger partial charge in [-0.25, -0.2) is 5.11 Å². The molecule has 0 aliphatic heterocycles. The summed E-state index contributed by atoms with van der Waals surface area (Å²) in [5.41, 5.74) is 0. The van der Waals surface area contributed by atoms with Crippen molar-refractivity contribution in [2.75, 3.05) is 27.3 Å². The Bertz CT molecular complexity index is 83.8. The van der Waals surface area contributed by atoms with Gasteiger partial charge in [-0.1, -0.05) is 0 Å². The third-order valence-electron chi connectivity index (χ3n) is 1.43. The summed E-state index contributed by atoms with van der Waals surface area (Å²) in [5, 5.41) is 15.8. The fourth-order valence-corrected chi connectivity index (χ4v) is 0.515. The molecule has 0 amide bonds. The van der Waals surface area contributed by atoms with Crippen LogP contribution in [0.1, 0.15) is 6.92 Å². The maximum absolute atomic E-state index is 10.0. The van der Waals surface area contributed by atoms with Crippen LogP contribution in [0.25, 0.3) is 0 Å². The summed E-state index contributed by atoms with van der Waals surface area (Å²) in [6, 6.07) is 0. The van der Waals surface area contributed by atoms with E-state index in [2.05, 4.69) is 10.6 Å². The summed E-state index contributed by atoms with van der Waals surface area (Å²) in [6.07, 6.45) is 0. The van der Waals surface area contributed by atoms with Crippen LogP contribution in [0.4, 0.5) is 0 Å². The molecule has 0 aliphatic carbocycles. The third-order valence-corrected chi connectivity index (χ3v) is 1.43. The molecule has 0 bridgehead atoms. The van der Waals surface area contributed by atoms with Gasteiger partial charge >= 0.3 is 0 Å². The normalized spacial score (nSPS) is 12.0. The van der Waals surface area contributed by atoms with Gasteiger partial charge in [0.25, 0.3) is 0 Å². The molecule has 0 unspecified atom stereocenters. The van der Waals surface area contributed by atoms with Crippen molar-refractivity contribution in [3.8, 4) is 0 Å². The second-order valence-electron chi connectivity index (χ2n) is 2.09. The summed E-state index contributed by atoms with van der Waals surface area (Å²) >= 11 is 0. The zero-order chi connectivity index (χ0) is 8.04. The van der Waals surface area contributed by atoms with Crippen LogP contribution >= 0.6 is 0 Å². The van der Waals surface area contributed by atoms with Crippen LogP contribution in [-0.2, 0) is 9.84 Å². The Morgan fingerprint density at radius 3 is 2.20 bits per heavy atom. The minimum absolute atomic E-state index is 0.209. The first kappa shape index (κ1) is 9.84. The van der Waals surface area contributed by atoms with Crippen molar-refractivity contribution >= 4 is 0 Å². The summed E-state index contributed by atoms with van der Waals surface area (Å²) in [6.45, 7) is 1.83. The van der Waals surface area contributed by atoms with E-state index in [0.29, 0.717) is 0 Å². The van der Waals surface area contributed by atoms with Gasteiger partial charge in [-0.2, -0.15) is 0 Å². The van der Waals surface area contributed by atoms with Crippen molar-refractivity contribution in [2.45, 2.75) is 12.8 Å². The minimum Gasteiger partial charge on any atom is -0.345 e. The van der Waals surface area contributed by atoms with Gasteiger partial charge in [0.15, 0.2) is 5.85 Å². The zero-order valence-electron chi connectivity index (χ0n) is 6.73. The molecule has 0 fully saturated rings. The summed E-state index contributed by atoms with van der Waals surface area (Å²) in [5.74, 6) is -0.565. The van der Waals surface area contributed by atoms with E-state index in [-0.39, 0.29) is 13.2 Å². The topological polar surface area (TPSA) is 53.2 Å². The summed E-state index contributed by atoms with van der Waals surface area (Å²) < 4.78 is 5.14. The quantitative estimate of drug-likeness (QED) is 0.518. The maximum Gasteiger partial charge on any atom is 0.171 e. The molecule has 1 radical (unpaired) electrons. The van der Waals surface area contributed by atoms with Crippen molar-refractivity contribution in [1.29, 1.82) is 0 Å². The van der Waals surface area contributed by atoms with Crippen molar-refractivity contribution < 1.29 is 9.84 Å². The molecule has 2 N–H and O–H groups in total. The Hall–Kier alpha value is -0.160. The molecule has 0 saturated carbocycles. The standard InChI is InChI=1S/C6H15N2O2/c1-6(7-2,8-3)10-5-4-9/h7-8H,4-5H2,1-3H3. The second-order valence-corrected chi connectivity index (χ2v) is 2.09. The average Bonchev–Trinajstić information content (AvgIpc) is 2.00. The molecular weight excluding hydrogens is 132 g/mol. The van der Waals surface area contributed by atoms with Crippen LogP contribution in [0.3, 0.4) is 0 Å². The van der Waals surface area contributed by atoms with Crippen molar-refractivity contribution in [3.63, 3.8) is 0 Å². The highest BCUT2D eigenvalue weighted by molar-refractivity contribution is 4.62. The van der Waals surface area contributed by atoms with E-state index in [1.807, 2.05) is 6.92 Å². The Balaban J connectivity index is 3.58. The lowest BCUT2D eigenvalue weighted by Crippen LogP contribution is -2.53. The van der Waals surface area contributed by atoms with Gasteiger partial charge in [-0.05, 0) is 21.0 Å². The first-order chi connectivity index (χ1) is 4.68. The van der Waals surface area contributed by atoms with Crippen LogP contribution in [0.5, 0.6) is 0 Å². The number of ether oxygens (including phenoxy) is 1. The molecule has 0 saturated heterocycles. The molecule has 0 aliphatic rings. The van der Waals surface area contributed by atoms with Crippen LogP contribution in [0.2, 0.25) is 0 Å². The largest absolute Gasteiger partial charge is 0.345 e. The van der Waals surface area contributed by atoms with Crippen LogP contribution < -0.4 is 10.6 Å². The number of rotatable bonds is 5. The smallest absolute Gasteiger partial charge is 0.171 e. The molecular formula is C6H15N2O2. The molecule has 10 heavy (non-hydrogen) atoms. The van der Waals surface area contributed by atoms with Gasteiger partial charge in [0.2, 0.25) is 0 Å². The fraction of sp³-hybridized carbons (Fsp3) is 1.00. The van der Waals surface area contributed by atoms with Crippen molar-refractivity contribution in [2.24, 2.45) is 0 Å². The zero-order valence-corrected chi connectivity index (χ0v) is 6.73. The Morgan fingerprint density at radius 2 is 1.90 bits per heavy atom. The SMILES string of the molecule is CNC(C)(NC)OCC[O]. The average molecular weight is 147 g/mol. The lowest BCUT2D eigenvalue weighted by molar-refractivity contribution is -0.0888. The lowest BCUT2D eigenvalue weighted by Gasteiger charge is -2.28. The molecule has 0 aromatic heterocycles. The highest BCUT2D eigenvalue weighted by atomic mass is 16.5. The highest BCUT2D eigenvalue weighted by Crippen LogP contribution is 1.97. The van der Waals surface area contributed by atoms with E-state index < -0.39 is 5.85 Å². The molecule has 4 heteroatoms. The molecule has 4 nitrogen and oxygen atoms in total. The number of hydrogen-bond acceptors (Lipinski definition) is 3. The van der Waals surface area contributed by atoms with Gasteiger partial charge in [-0.15, -0.1) is 0 Å². The molecule has 0 aromatic carbocycles. The van der Waals surface area contributed by atoms with Gasteiger partial charge in [0.05, 0.1) is 6.61 Å². The van der Waals surface area contributed by atoms with Crippen LogP contribution in [0.15, 0.2) is 0 Å². The van der Waals surface area contributed by atoms with Crippen molar-refractivity contribution in [3.05, 3.63) is 0 Å². The van der Waals surface area contributed by atoms with E-state index >= 15 is 0 Å². The van der Waals surface area contributed by atoms with Gasteiger partial charge < -0.3 is 4.74 Å². The second kappa shape index (κ2) is 4.62. The van der Waals surface area contributed by atoms with E-state index in [1.165, 1.54) is 0 Å². The predicted octanol–water partition coefficient (Wildman–Crippen LogP) is -0.454. The molecule has 61 valence electrons. The van der Waals surface area contributed by atoms with Gasteiger partial charge in [0, 0.05) is 0 Å². The Morgan fingerprint density at radius 1 is 1.40 bits per heavy atom. The molecule has 0 rings (SSSR count). The Labute approximate surface area is 61.6 Å². The summed E-state index contributed by atoms with van der Waals surface area (Å²) in [4.78, 5) is 0. The minimum atomic E-state index is -0.565. The van der Waals surface area contributed by atoms with E-state index in [9.17, 15) is 5.11 Å². The highest BCUT2D eigenvalue weighted by Gasteiger charge is 2.18. The lowest BCUT2D eigenvalue weighted by atomic mass is 10.5.